The molecule has 2 aromatic carbocycles. The van der Waals surface area contributed by atoms with Gasteiger partial charge in [-0.2, -0.15) is 5.10 Å². The van der Waals surface area contributed by atoms with Gasteiger partial charge in [-0.05, 0) is 42.8 Å². The van der Waals surface area contributed by atoms with Gasteiger partial charge < -0.3 is 5.11 Å². The van der Waals surface area contributed by atoms with Crippen molar-refractivity contribution in [2.45, 2.75) is 6.92 Å². The number of amides is 1. The van der Waals surface area contributed by atoms with Crippen molar-refractivity contribution in [1.82, 2.24) is 5.43 Å². The van der Waals surface area contributed by atoms with E-state index < -0.39 is 10.8 Å². The molecule has 0 aliphatic heterocycles. The maximum Gasteiger partial charge on any atom is 0.271 e. The lowest BCUT2D eigenvalue weighted by Gasteiger charge is -2.03. The highest BCUT2D eigenvalue weighted by Gasteiger charge is 2.07. The highest BCUT2D eigenvalue weighted by atomic mass is 16.6. The van der Waals surface area contributed by atoms with E-state index in [1.54, 1.807) is 31.2 Å². The molecule has 0 saturated carbocycles. The molecule has 112 valence electrons. The Kier molecular flexibility index (Phi) is 4.47. The Morgan fingerprint density at radius 1 is 1.18 bits per heavy atom. The van der Waals surface area contributed by atoms with Crippen LogP contribution in [0.25, 0.3) is 0 Å². The lowest BCUT2D eigenvalue weighted by Crippen LogP contribution is -2.19. The molecule has 0 aliphatic rings. The van der Waals surface area contributed by atoms with Crippen molar-refractivity contribution in [3.05, 3.63) is 69.8 Å². The summed E-state index contributed by atoms with van der Waals surface area (Å²) < 4.78 is 0. The number of rotatable bonds is 4. The van der Waals surface area contributed by atoms with Gasteiger partial charge >= 0.3 is 0 Å². The second kappa shape index (κ2) is 6.49. The summed E-state index contributed by atoms with van der Waals surface area (Å²) in [5, 5.41) is 23.8. The molecular formula is C15H13N3O4. The Morgan fingerprint density at radius 2 is 1.86 bits per heavy atom. The van der Waals surface area contributed by atoms with Crippen LogP contribution in [0.5, 0.6) is 5.75 Å². The van der Waals surface area contributed by atoms with Crippen LogP contribution in [-0.4, -0.2) is 21.6 Å². The molecule has 0 aromatic heterocycles. The zero-order chi connectivity index (χ0) is 16.1. The topological polar surface area (TPSA) is 105 Å². The molecule has 2 aromatic rings. The summed E-state index contributed by atoms with van der Waals surface area (Å²) in [6.07, 6.45) is 0. The molecule has 0 saturated heterocycles. The highest BCUT2D eigenvalue weighted by Crippen LogP contribution is 2.13. The summed E-state index contributed by atoms with van der Waals surface area (Å²) in [5.41, 5.74) is 3.79. The lowest BCUT2D eigenvalue weighted by atomic mass is 10.1. The Labute approximate surface area is 126 Å². The number of non-ortho nitro benzene ring substituents is 1. The number of benzene rings is 2. The fraction of sp³-hybridized carbons (Fsp3) is 0.0667. The van der Waals surface area contributed by atoms with E-state index in [1.165, 1.54) is 24.3 Å². The van der Waals surface area contributed by atoms with Crippen molar-refractivity contribution in [2.24, 2.45) is 5.10 Å². The number of nitrogens with zero attached hydrogens (tertiary/aromatic N) is 2. The monoisotopic (exact) mass is 299 g/mol. The predicted octanol–water partition coefficient (Wildman–Crippen LogP) is 2.45. The quantitative estimate of drug-likeness (QED) is 0.514. The number of hydrogen-bond donors (Lipinski definition) is 2. The van der Waals surface area contributed by atoms with E-state index in [9.17, 15) is 20.0 Å². The third kappa shape index (κ3) is 3.66. The number of carbonyl (C=O) groups is 1. The van der Waals surface area contributed by atoms with Gasteiger partial charge in [0.25, 0.3) is 11.6 Å². The first-order valence-electron chi connectivity index (χ1n) is 6.36. The molecule has 0 spiro atoms. The zero-order valence-electron chi connectivity index (χ0n) is 11.7. The minimum absolute atomic E-state index is 0.0104. The number of phenolic OH excluding ortho intramolecular Hbond substituents is 1. The van der Waals surface area contributed by atoms with Crippen LogP contribution in [-0.2, 0) is 0 Å². The third-order valence-corrected chi connectivity index (χ3v) is 2.93. The van der Waals surface area contributed by atoms with Crippen molar-refractivity contribution in [3.8, 4) is 5.75 Å². The van der Waals surface area contributed by atoms with Crippen LogP contribution < -0.4 is 5.43 Å². The number of phenols is 1. The van der Waals surface area contributed by atoms with Crippen LogP contribution in [0.4, 0.5) is 5.69 Å². The first kappa shape index (κ1) is 15.2. The average molecular weight is 299 g/mol. The molecule has 0 fully saturated rings. The largest absolute Gasteiger partial charge is 0.508 e. The van der Waals surface area contributed by atoms with Crippen molar-refractivity contribution < 1.29 is 14.8 Å². The van der Waals surface area contributed by atoms with Gasteiger partial charge in [-0.15, -0.1) is 0 Å². The molecule has 2 N–H and O–H groups in total. The van der Waals surface area contributed by atoms with Gasteiger partial charge in [-0.1, -0.05) is 6.07 Å². The van der Waals surface area contributed by atoms with Crippen LogP contribution in [0.1, 0.15) is 22.8 Å². The highest BCUT2D eigenvalue weighted by molar-refractivity contribution is 6.01. The molecule has 0 unspecified atom stereocenters. The molecule has 1 amide bonds. The number of nitro groups is 1. The van der Waals surface area contributed by atoms with E-state index in [1.807, 2.05) is 0 Å². The number of carbonyl (C=O) groups excluding carboxylic acids is 1. The maximum absolute atomic E-state index is 11.9. The van der Waals surface area contributed by atoms with Gasteiger partial charge in [0, 0.05) is 17.7 Å². The number of hydrogen-bond acceptors (Lipinski definition) is 5. The van der Waals surface area contributed by atoms with Gasteiger partial charge in [-0.3, -0.25) is 14.9 Å². The van der Waals surface area contributed by atoms with Crippen LogP contribution in [0.2, 0.25) is 0 Å². The second-order valence-electron chi connectivity index (χ2n) is 4.49. The van der Waals surface area contributed by atoms with Crippen molar-refractivity contribution in [2.75, 3.05) is 0 Å². The van der Waals surface area contributed by atoms with Gasteiger partial charge in [-0.25, -0.2) is 5.43 Å². The Balaban J connectivity index is 2.09. The molecular weight excluding hydrogens is 286 g/mol. The summed E-state index contributed by atoms with van der Waals surface area (Å²) in [4.78, 5) is 22.0. The molecule has 0 radical (unpaired) electrons. The standard InChI is InChI=1S/C15H13N3O4/c1-10(11-5-7-13(8-6-11)18(21)22)16-17-15(20)12-3-2-4-14(19)9-12/h2-9,19H,1H3,(H,17,20)/b16-10+. The molecule has 0 atom stereocenters. The van der Waals surface area contributed by atoms with Crippen LogP contribution in [0.15, 0.2) is 53.6 Å². The zero-order valence-corrected chi connectivity index (χ0v) is 11.7. The normalized spacial score (nSPS) is 11.0. The Bertz CT molecular complexity index is 739. The Hall–Kier alpha value is -3.22. The minimum Gasteiger partial charge on any atom is -0.508 e. The Morgan fingerprint density at radius 3 is 2.45 bits per heavy atom. The number of nitrogens with one attached hydrogen (secondary N) is 1. The predicted molar refractivity (Wildman–Crippen MR) is 80.9 cm³/mol. The molecule has 0 heterocycles. The smallest absolute Gasteiger partial charge is 0.271 e. The van der Waals surface area contributed by atoms with Gasteiger partial charge in [0.1, 0.15) is 5.75 Å². The molecule has 0 bridgehead atoms. The molecule has 7 nitrogen and oxygen atoms in total. The van der Waals surface area contributed by atoms with E-state index in [-0.39, 0.29) is 17.0 Å². The van der Waals surface area contributed by atoms with Crippen LogP contribution in [0, 0.1) is 10.1 Å². The van der Waals surface area contributed by atoms with Gasteiger partial charge in [0.2, 0.25) is 0 Å². The number of aromatic hydroxyl groups is 1. The molecule has 2 rings (SSSR count). The van der Waals surface area contributed by atoms with Gasteiger partial charge in [0.15, 0.2) is 0 Å². The summed E-state index contributed by atoms with van der Waals surface area (Å²) in [7, 11) is 0. The average Bonchev–Trinajstić information content (AvgIpc) is 2.52. The van der Waals surface area contributed by atoms with Crippen LogP contribution in [0.3, 0.4) is 0 Å². The van der Waals surface area contributed by atoms with Crippen LogP contribution >= 0.6 is 0 Å². The summed E-state index contributed by atoms with van der Waals surface area (Å²) in [6, 6.07) is 11.7. The van der Waals surface area contributed by atoms with E-state index >= 15 is 0 Å². The fourth-order valence-corrected chi connectivity index (χ4v) is 1.74. The van der Waals surface area contributed by atoms with E-state index in [2.05, 4.69) is 10.5 Å². The van der Waals surface area contributed by atoms with Gasteiger partial charge in [0.05, 0.1) is 10.6 Å². The number of nitro benzene ring substituents is 1. The number of hydrazone groups is 1. The van der Waals surface area contributed by atoms with Crippen molar-refractivity contribution >= 4 is 17.3 Å². The van der Waals surface area contributed by atoms with Crippen molar-refractivity contribution in [3.63, 3.8) is 0 Å². The summed E-state index contributed by atoms with van der Waals surface area (Å²) in [6.45, 7) is 1.67. The van der Waals surface area contributed by atoms with Crippen molar-refractivity contribution in [1.29, 1.82) is 0 Å². The fourth-order valence-electron chi connectivity index (χ4n) is 1.74. The maximum atomic E-state index is 11.9. The molecule has 0 aliphatic carbocycles. The SMILES string of the molecule is C/C(=N\NC(=O)c1cccc(O)c1)c1ccc([N+](=O)[O-])cc1. The van der Waals surface area contributed by atoms with E-state index in [0.717, 1.165) is 0 Å². The first-order chi connectivity index (χ1) is 10.5. The molecule has 22 heavy (non-hydrogen) atoms. The first-order valence-corrected chi connectivity index (χ1v) is 6.36. The van der Waals surface area contributed by atoms with E-state index in [0.29, 0.717) is 11.3 Å². The lowest BCUT2D eigenvalue weighted by molar-refractivity contribution is -0.384. The van der Waals surface area contributed by atoms with E-state index in [4.69, 9.17) is 0 Å². The second-order valence-corrected chi connectivity index (χ2v) is 4.49. The molecule has 7 heteroatoms. The summed E-state index contributed by atoms with van der Waals surface area (Å²) in [5.74, 6) is -0.471. The summed E-state index contributed by atoms with van der Waals surface area (Å²) >= 11 is 0. The third-order valence-electron chi connectivity index (χ3n) is 2.93. The minimum atomic E-state index is -0.486.